The third-order valence-corrected chi connectivity index (χ3v) is 3.68. The molecule has 0 unspecified atom stereocenters. The van der Waals surface area contributed by atoms with E-state index in [1.54, 1.807) is 0 Å². The van der Waals surface area contributed by atoms with Crippen LogP contribution in [0.4, 0.5) is 5.82 Å². The standard InChI is InChI=1S/C9H11N5O4S/c1-2-5-3-7(12-11-5)14-19(17,18)8-6(9(15)16)4-10-13-8/h3-4H,2H2,1H3,(H,10,13)(H,15,16)(H2,11,12,14). The van der Waals surface area contributed by atoms with Gasteiger partial charge in [-0.25, -0.2) is 4.79 Å². The van der Waals surface area contributed by atoms with Crippen LogP contribution in [0, 0.1) is 0 Å². The van der Waals surface area contributed by atoms with E-state index in [0.29, 0.717) is 6.42 Å². The van der Waals surface area contributed by atoms with E-state index in [1.165, 1.54) is 6.07 Å². The van der Waals surface area contributed by atoms with Gasteiger partial charge in [-0.2, -0.15) is 18.6 Å². The summed E-state index contributed by atoms with van der Waals surface area (Å²) >= 11 is 0. The van der Waals surface area contributed by atoms with Crippen molar-refractivity contribution in [3.63, 3.8) is 0 Å². The molecule has 0 saturated heterocycles. The second-order valence-electron chi connectivity index (χ2n) is 3.66. The summed E-state index contributed by atoms with van der Waals surface area (Å²) in [7, 11) is -4.07. The fourth-order valence-electron chi connectivity index (χ4n) is 1.42. The number of aromatic nitrogens is 4. The van der Waals surface area contributed by atoms with E-state index in [1.807, 2.05) is 6.92 Å². The van der Waals surface area contributed by atoms with Crippen molar-refractivity contribution >= 4 is 21.8 Å². The van der Waals surface area contributed by atoms with Gasteiger partial charge in [-0.1, -0.05) is 6.92 Å². The predicted molar refractivity (Wildman–Crippen MR) is 64.3 cm³/mol. The largest absolute Gasteiger partial charge is 0.478 e. The van der Waals surface area contributed by atoms with Crippen LogP contribution in [-0.4, -0.2) is 39.9 Å². The SMILES string of the molecule is CCc1cc(NS(=O)(=O)c2[nH]ncc2C(=O)O)n[nH]1. The molecular formula is C9H11N5O4S. The van der Waals surface area contributed by atoms with Crippen LogP contribution in [0.1, 0.15) is 23.0 Å². The van der Waals surface area contributed by atoms with Gasteiger partial charge in [0.15, 0.2) is 10.8 Å². The number of rotatable bonds is 5. The highest BCUT2D eigenvalue weighted by molar-refractivity contribution is 7.92. The third-order valence-electron chi connectivity index (χ3n) is 2.35. The number of aryl methyl sites for hydroxylation is 1. The Balaban J connectivity index is 2.32. The summed E-state index contributed by atoms with van der Waals surface area (Å²) in [4.78, 5) is 10.9. The van der Waals surface area contributed by atoms with Gasteiger partial charge in [-0.15, -0.1) is 0 Å². The maximum absolute atomic E-state index is 12.0. The van der Waals surface area contributed by atoms with E-state index in [4.69, 9.17) is 5.11 Å². The number of H-pyrrole nitrogens is 2. The molecule has 102 valence electrons. The van der Waals surface area contributed by atoms with Gasteiger partial charge >= 0.3 is 5.97 Å². The molecule has 4 N–H and O–H groups in total. The molecule has 0 radical (unpaired) electrons. The quantitative estimate of drug-likeness (QED) is 0.618. The van der Waals surface area contributed by atoms with Crippen molar-refractivity contribution < 1.29 is 18.3 Å². The Morgan fingerprint density at radius 1 is 1.47 bits per heavy atom. The summed E-state index contributed by atoms with van der Waals surface area (Å²) in [5.74, 6) is -1.30. The van der Waals surface area contributed by atoms with Crippen molar-refractivity contribution in [2.24, 2.45) is 0 Å². The van der Waals surface area contributed by atoms with Crippen molar-refractivity contribution in [2.45, 2.75) is 18.4 Å². The Hall–Kier alpha value is -2.36. The average Bonchev–Trinajstić information content (AvgIpc) is 2.95. The van der Waals surface area contributed by atoms with Gasteiger partial charge in [0.25, 0.3) is 10.0 Å². The molecule has 0 aliphatic heterocycles. The Bertz CT molecular complexity index is 702. The van der Waals surface area contributed by atoms with E-state index >= 15 is 0 Å². The van der Waals surface area contributed by atoms with E-state index in [9.17, 15) is 13.2 Å². The molecule has 9 nitrogen and oxygen atoms in total. The molecule has 2 aromatic rings. The molecule has 19 heavy (non-hydrogen) atoms. The van der Waals surface area contributed by atoms with E-state index in [-0.39, 0.29) is 5.82 Å². The summed E-state index contributed by atoms with van der Waals surface area (Å²) in [5, 5.41) is 20.3. The number of nitrogens with zero attached hydrogens (tertiary/aromatic N) is 2. The summed E-state index contributed by atoms with van der Waals surface area (Å²) in [5.41, 5.74) is 0.319. The van der Waals surface area contributed by atoms with Crippen LogP contribution in [0.5, 0.6) is 0 Å². The molecule has 0 aliphatic rings. The predicted octanol–water partition coefficient (Wildman–Crippen LogP) is 0.194. The Morgan fingerprint density at radius 2 is 2.21 bits per heavy atom. The van der Waals surface area contributed by atoms with Crippen LogP contribution in [0.15, 0.2) is 17.3 Å². The molecule has 0 amide bonds. The second kappa shape index (κ2) is 4.72. The summed E-state index contributed by atoms with van der Waals surface area (Å²) in [6.45, 7) is 1.88. The van der Waals surface area contributed by atoms with Gasteiger partial charge < -0.3 is 5.11 Å². The van der Waals surface area contributed by atoms with Gasteiger partial charge in [0.2, 0.25) is 0 Å². The molecule has 10 heteroatoms. The smallest absolute Gasteiger partial charge is 0.340 e. The first-order valence-electron chi connectivity index (χ1n) is 5.28. The van der Waals surface area contributed by atoms with Crippen LogP contribution in [0.3, 0.4) is 0 Å². The Labute approximate surface area is 108 Å². The third kappa shape index (κ3) is 2.57. The van der Waals surface area contributed by atoms with Crippen LogP contribution in [0.25, 0.3) is 0 Å². The first kappa shape index (κ1) is 13.1. The van der Waals surface area contributed by atoms with Crippen LogP contribution in [-0.2, 0) is 16.4 Å². The highest BCUT2D eigenvalue weighted by Crippen LogP contribution is 2.16. The van der Waals surface area contributed by atoms with Crippen molar-refractivity contribution in [1.29, 1.82) is 0 Å². The number of aromatic amines is 2. The summed E-state index contributed by atoms with van der Waals surface area (Å²) < 4.78 is 26.1. The summed E-state index contributed by atoms with van der Waals surface area (Å²) in [6.07, 6.45) is 1.60. The normalized spacial score (nSPS) is 11.4. The lowest BCUT2D eigenvalue weighted by atomic mass is 10.3. The fourth-order valence-corrected chi connectivity index (χ4v) is 2.50. The Morgan fingerprint density at radius 3 is 2.79 bits per heavy atom. The molecule has 0 saturated carbocycles. The zero-order valence-corrected chi connectivity index (χ0v) is 10.7. The van der Waals surface area contributed by atoms with Gasteiger partial charge in [0.1, 0.15) is 5.56 Å². The van der Waals surface area contributed by atoms with Crippen molar-refractivity contribution in [3.8, 4) is 0 Å². The minimum atomic E-state index is -4.07. The van der Waals surface area contributed by atoms with Gasteiger partial charge in [0.05, 0.1) is 6.20 Å². The monoisotopic (exact) mass is 285 g/mol. The van der Waals surface area contributed by atoms with Crippen molar-refractivity contribution in [1.82, 2.24) is 20.4 Å². The van der Waals surface area contributed by atoms with E-state index < -0.39 is 26.6 Å². The van der Waals surface area contributed by atoms with Gasteiger partial charge in [-0.3, -0.25) is 14.9 Å². The molecule has 0 spiro atoms. The lowest BCUT2D eigenvalue weighted by molar-refractivity contribution is 0.0692. The number of aromatic carboxylic acids is 1. The van der Waals surface area contributed by atoms with Crippen molar-refractivity contribution in [2.75, 3.05) is 4.72 Å². The van der Waals surface area contributed by atoms with E-state index in [2.05, 4.69) is 25.1 Å². The average molecular weight is 285 g/mol. The zero-order chi connectivity index (χ0) is 14.0. The number of sulfonamides is 1. The fraction of sp³-hybridized carbons (Fsp3) is 0.222. The topological polar surface area (TPSA) is 141 Å². The van der Waals surface area contributed by atoms with Crippen LogP contribution < -0.4 is 4.72 Å². The summed E-state index contributed by atoms with van der Waals surface area (Å²) in [6, 6.07) is 1.52. The number of carboxylic acids is 1. The lowest BCUT2D eigenvalue weighted by Gasteiger charge is -2.03. The zero-order valence-electron chi connectivity index (χ0n) is 9.84. The minimum Gasteiger partial charge on any atom is -0.478 e. The number of anilines is 1. The van der Waals surface area contributed by atoms with Crippen molar-refractivity contribution in [3.05, 3.63) is 23.5 Å². The van der Waals surface area contributed by atoms with Crippen LogP contribution in [0.2, 0.25) is 0 Å². The van der Waals surface area contributed by atoms with E-state index in [0.717, 1.165) is 11.9 Å². The van der Waals surface area contributed by atoms with Crippen LogP contribution >= 0.6 is 0 Å². The molecule has 0 bridgehead atoms. The minimum absolute atomic E-state index is 0.0859. The molecule has 2 rings (SSSR count). The number of hydrogen-bond donors (Lipinski definition) is 4. The Kier molecular flexibility index (Phi) is 3.25. The molecule has 0 aliphatic carbocycles. The molecule has 0 aromatic carbocycles. The molecule has 2 heterocycles. The van der Waals surface area contributed by atoms with Gasteiger partial charge in [0, 0.05) is 11.8 Å². The highest BCUT2D eigenvalue weighted by Gasteiger charge is 2.25. The number of carbonyl (C=O) groups is 1. The first-order valence-corrected chi connectivity index (χ1v) is 6.76. The number of hydrogen-bond acceptors (Lipinski definition) is 5. The molecule has 2 aromatic heterocycles. The second-order valence-corrected chi connectivity index (χ2v) is 5.27. The highest BCUT2D eigenvalue weighted by atomic mass is 32.2. The number of nitrogens with one attached hydrogen (secondary N) is 3. The molecule has 0 fully saturated rings. The number of carboxylic acid groups (broad SMARTS) is 1. The molecular weight excluding hydrogens is 274 g/mol. The maximum Gasteiger partial charge on any atom is 0.340 e. The first-order chi connectivity index (χ1) is 8.94. The van der Waals surface area contributed by atoms with Gasteiger partial charge in [-0.05, 0) is 6.42 Å². The lowest BCUT2D eigenvalue weighted by Crippen LogP contribution is -2.16. The maximum atomic E-state index is 12.0. The molecule has 0 atom stereocenters.